The lowest BCUT2D eigenvalue weighted by Gasteiger charge is -2.07. The number of terminal acetylenes is 2. The average molecular weight is 517 g/mol. The van der Waals surface area contributed by atoms with Crippen LogP contribution in [0.1, 0.15) is 0 Å². The Balaban J connectivity index is 1.47. The van der Waals surface area contributed by atoms with Crippen molar-refractivity contribution in [3.05, 3.63) is 29.1 Å². The number of rotatable bonds is 18. The van der Waals surface area contributed by atoms with Crippen LogP contribution in [-0.4, -0.2) is 79.3 Å². The van der Waals surface area contributed by atoms with Gasteiger partial charge in [0.1, 0.15) is 13.2 Å². The maximum Gasteiger partial charge on any atom is 0.107 e. The molecule has 0 aromatic heterocycles. The molecule has 0 aliphatic carbocycles. The van der Waals surface area contributed by atoms with Crippen LogP contribution in [0.2, 0.25) is 0 Å². The lowest BCUT2D eigenvalue weighted by atomic mass is 10.6. The molecule has 0 saturated carbocycles. The largest absolute Gasteiger partial charge is 0.377 e. The van der Waals surface area contributed by atoms with Gasteiger partial charge in [-0.15, -0.1) is 12.8 Å². The highest BCUT2D eigenvalue weighted by Gasteiger charge is 2.22. The van der Waals surface area contributed by atoms with Gasteiger partial charge in [0.25, 0.3) is 0 Å². The molecule has 32 heavy (non-hydrogen) atoms. The predicted octanol–water partition coefficient (Wildman–Crippen LogP) is 4.12. The third-order valence-corrected chi connectivity index (χ3v) is 8.87. The lowest BCUT2D eigenvalue weighted by molar-refractivity contribution is 0.0258. The van der Waals surface area contributed by atoms with E-state index in [0.717, 1.165) is 0 Å². The van der Waals surface area contributed by atoms with Crippen LogP contribution in [0.15, 0.2) is 29.1 Å². The molecule has 0 aromatic rings. The van der Waals surface area contributed by atoms with Gasteiger partial charge in [-0.1, -0.05) is 58.9 Å². The van der Waals surface area contributed by atoms with Gasteiger partial charge in [-0.3, -0.25) is 0 Å². The standard InChI is InChI=1S/C22H28O6S4/c1-3-5-23-7-9-25-11-13-27-15-19-17-29-21(31-19)22-30-18-20(32-22)16-28-14-12-26-10-8-24-6-4-2/h1-2,17-18H,5-16H2/b22-21-. The topological polar surface area (TPSA) is 55.4 Å². The van der Waals surface area contributed by atoms with Gasteiger partial charge in [0.15, 0.2) is 0 Å². The summed E-state index contributed by atoms with van der Waals surface area (Å²) in [7, 11) is 0. The van der Waals surface area contributed by atoms with Gasteiger partial charge in [0, 0.05) is 9.81 Å². The Hall–Kier alpha value is -0.500. The van der Waals surface area contributed by atoms with Crippen LogP contribution in [-0.2, 0) is 28.4 Å². The zero-order chi connectivity index (χ0) is 22.7. The molecule has 2 aliphatic rings. The van der Waals surface area contributed by atoms with Crippen LogP contribution < -0.4 is 0 Å². The summed E-state index contributed by atoms with van der Waals surface area (Å²) >= 11 is 7.04. The number of ether oxygens (including phenoxy) is 6. The minimum atomic E-state index is 0.321. The molecule has 2 aliphatic heterocycles. The molecule has 0 aromatic carbocycles. The molecule has 2 rings (SSSR count). The van der Waals surface area contributed by atoms with Crippen molar-refractivity contribution in [2.75, 3.05) is 79.3 Å². The Labute approximate surface area is 207 Å². The van der Waals surface area contributed by atoms with Gasteiger partial charge < -0.3 is 28.4 Å². The van der Waals surface area contributed by atoms with Gasteiger partial charge in [0.2, 0.25) is 0 Å². The highest BCUT2D eigenvalue weighted by atomic mass is 32.2. The Bertz CT molecular complexity index is 663. The van der Waals surface area contributed by atoms with E-state index < -0.39 is 0 Å². The highest BCUT2D eigenvalue weighted by Crippen LogP contribution is 2.55. The average Bonchev–Trinajstić information content (AvgIpc) is 3.46. The maximum atomic E-state index is 5.69. The van der Waals surface area contributed by atoms with Crippen LogP contribution >= 0.6 is 47.0 Å². The second-order valence-corrected chi connectivity index (χ2v) is 10.6. The summed E-state index contributed by atoms with van der Waals surface area (Å²) in [6.07, 6.45) is 10.2. The van der Waals surface area contributed by atoms with E-state index in [1.165, 1.54) is 18.3 Å². The molecule has 0 saturated heterocycles. The van der Waals surface area contributed by atoms with Crippen molar-refractivity contribution in [3.8, 4) is 24.7 Å². The number of thioether (sulfide) groups is 4. The van der Waals surface area contributed by atoms with Crippen molar-refractivity contribution in [3.63, 3.8) is 0 Å². The van der Waals surface area contributed by atoms with Crippen molar-refractivity contribution in [2.24, 2.45) is 0 Å². The van der Waals surface area contributed by atoms with Crippen molar-refractivity contribution in [1.29, 1.82) is 0 Å². The summed E-state index contributed by atoms with van der Waals surface area (Å²) in [5.41, 5.74) is 0. The molecule has 2 heterocycles. The first kappa shape index (κ1) is 27.7. The summed E-state index contributed by atoms with van der Waals surface area (Å²) in [4.78, 5) is 2.42. The maximum absolute atomic E-state index is 5.69. The summed E-state index contributed by atoms with van der Waals surface area (Å²) in [6, 6.07) is 0. The third kappa shape index (κ3) is 12.7. The molecule has 0 N–H and O–H groups in total. The monoisotopic (exact) mass is 516 g/mol. The van der Waals surface area contributed by atoms with Gasteiger partial charge in [-0.2, -0.15) is 0 Å². The zero-order valence-corrected chi connectivity index (χ0v) is 21.1. The van der Waals surface area contributed by atoms with Crippen LogP contribution in [0.25, 0.3) is 0 Å². The predicted molar refractivity (Wildman–Crippen MR) is 136 cm³/mol. The van der Waals surface area contributed by atoms with E-state index in [9.17, 15) is 0 Å². The third-order valence-electron chi connectivity index (χ3n) is 3.56. The van der Waals surface area contributed by atoms with E-state index in [1.807, 2.05) is 0 Å². The summed E-state index contributed by atoms with van der Waals surface area (Å²) in [6.45, 7) is 6.09. The smallest absolute Gasteiger partial charge is 0.107 e. The molecule has 0 bridgehead atoms. The molecule has 10 heteroatoms. The zero-order valence-electron chi connectivity index (χ0n) is 17.9. The minimum absolute atomic E-state index is 0.321. The fraction of sp³-hybridized carbons (Fsp3) is 0.545. The van der Waals surface area contributed by atoms with Crippen molar-refractivity contribution in [2.45, 2.75) is 0 Å². The van der Waals surface area contributed by atoms with E-state index in [0.29, 0.717) is 79.3 Å². The van der Waals surface area contributed by atoms with Crippen molar-refractivity contribution < 1.29 is 28.4 Å². The van der Waals surface area contributed by atoms with Crippen LogP contribution in [0, 0.1) is 24.7 Å². The van der Waals surface area contributed by atoms with Gasteiger partial charge in [-0.05, 0) is 10.8 Å². The second kappa shape index (κ2) is 18.9. The lowest BCUT2D eigenvalue weighted by Crippen LogP contribution is -2.10. The number of hydrogen-bond donors (Lipinski definition) is 0. The first-order chi connectivity index (χ1) is 15.8. The second-order valence-electron chi connectivity index (χ2n) is 6.03. The van der Waals surface area contributed by atoms with Gasteiger partial charge in [0.05, 0.1) is 74.5 Å². The first-order valence-electron chi connectivity index (χ1n) is 9.98. The summed E-state index contributed by atoms with van der Waals surface area (Å²) in [5.74, 6) is 4.83. The number of hydrogen-bond acceptors (Lipinski definition) is 10. The molecule has 6 nitrogen and oxygen atoms in total. The fourth-order valence-electron chi connectivity index (χ4n) is 2.16. The highest BCUT2D eigenvalue weighted by molar-refractivity contribution is 8.33. The van der Waals surface area contributed by atoms with Crippen molar-refractivity contribution in [1.82, 2.24) is 0 Å². The molecule has 0 amide bonds. The van der Waals surface area contributed by atoms with E-state index in [1.54, 1.807) is 47.0 Å². The van der Waals surface area contributed by atoms with Gasteiger partial charge in [-0.25, -0.2) is 0 Å². The van der Waals surface area contributed by atoms with Crippen molar-refractivity contribution >= 4 is 47.0 Å². The van der Waals surface area contributed by atoms with E-state index in [4.69, 9.17) is 41.3 Å². The van der Waals surface area contributed by atoms with Crippen LogP contribution in [0.3, 0.4) is 0 Å². The van der Waals surface area contributed by atoms with Crippen LogP contribution in [0.4, 0.5) is 0 Å². The Kier molecular flexibility index (Phi) is 16.4. The fourth-order valence-corrected chi connectivity index (χ4v) is 6.96. The molecule has 0 spiro atoms. The SMILES string of the molecule is C#CCOCCOCCOCC1=CS/C(=C2\SC=C(COCCOCCOCC#C)S2)S1. The first-order valence-corrected chi connectivity index (χ1v) is 13.4. The summed E-state index contributed by atoms with van der Waals surface area (Å²) < 4.78 is 35.1. The van der Waals surface area contributed by atoms with Gasteiger partial charge >= 0.3 is 0 Å². The Morgan fingerprint density at radius 3 is 1.34 bits per heavy atom. The Morgan fingerprint density at radius 1 is 0.562 bits per heavy atom. The van der Waals surface area contributed by atoms with Crippen LogP contribution in [0.5, 0.6) is 0 Å². The van der Waals surface area contributed by atoms with E-state index in [-0.39, 0.29) is 0 Å². The molecular weight excluding hydrogens is 489 g/mol. The molecule has 176 valence electrons. The minimum Gasteiger partial charge on any atom is -0.377 e. The van der Waals surface area contributed by atoms with E-state index in [2.05, 4.69) is 22.7 Å². The molecule has 0 atom stereocenters. The van der Waals surface area contributed by atoms with E-state index >= 15 is 0 Å². The normalized spacial score (nSPS) is 17.8. The quantitative estimate of drug-likeness (QED) is 0.196. The summed E-state index contributed by atoms with van der Waals surface area (Å²) in [5, 5.41) is 4.31. The molecular formula is C22H28O6S4. The Morgan fingerprint density at radius 2 is 0.938 bits per heavy atom. The molecule has 0 unspecified atom stereocenters. The molecule has 0 radical (unpaired) electrons. The molecule has 0 fully saturated rings.